The highest BCUT2D eigenvalue weighted by atomic mass is 16.5. The fourth-order valence-corrected chi connectivity index (χ4v) is 1.18. The van der Waals surface area contributed by atoms with Gasteiger partial charge in [-0.25, -0.2) is 9.89 Å². The largest absolute Gasteiger partial charge is 0.370 e. The fraction of sp³-hybridized carbons (Fsp3) is 0.750. The lowest BCUT2D eigenvalue weighted by Crippen LogP contribution is -2.13. The number of ether oxygens (including phenoxy) is 1. The Kier molecular flexibility index (Phi) is 3.25. The number of hydrogen-bond acceptors (Lipinski definition) is 3. The molecule has 0 radical (unpaired) electrons. The van der Waals surface area contributed by atoms with Gasteiger partial charge in [0.1, 0.15) is 6.10 Å². The van der Waals surface area contributed by atoms with Crippen LogP contribution in [-0.2, 0) is 4.74 Å². The molecule has 74 valence electrons. The van der Waals surface area contributed by atoms with E-state index >= 15 is 0 Å². The Labute approximate surface area is 76.5 Å². The van der Waals surface area contributed by atoms with Crippen LogP contribution in [0.2, 0.25) is 0 Å². The van der Waals surface area contributed by atoms with Gasteiger partial charge >= 0.3 is 5.69 Å². The number of nitrogens with zero attached hydrogens (tertiary/aromatic N) is 1. The Morgan fingerprint density at radius 2 is 2.23 bits per heavy atom. The van der Waals surface area contributed by atoms with Crippen molar-refractivity contribution >= 4 is 0 Å². The van der Waals surface area contributed by atoms with Gasteiger partial charge in [0, 0.05) is 6.61 Å². The molecule has 2 N–H and O–H groups in total. The van der Waals surface area contributed by atoms with Crippen molar-refractivity contribution in [2.24, 2.45) is 5.92 Å². The van der Waals surface area contributed by atoms with E-state index in [4.69, 9.17) is 4.74 Å². The quantitative estimate of drug-likeness (QED) is 0.730. The highest BCUT2D eigenvalue weighted by Crippen LogP contribution is 2.20. The molecule has 0 fully saturated rings. The number of aromatic nitrogens is 3. The van der Waals surface area contributed by atoms with Crippen molar-refractivity contribution in [1.29, 1.82) is 0 Å². The molecule has 1 aromatic rings. The van der Waals surface area contributed by atoms with Gasteiger partial charge in [0.25, 0.3) is 0 Å². The standard InChI is InChI=1S/C8H15N3O2/c1-4-13-6(5(2)3)7-9-8(12)11-10-7/h5-6H,4H2,1-3H3,(H2,9,10,11,12). The second-order valence-electron chi connectivity index (χ2n) is 3.18. The second-order valence-corrected chi connectivity index (χ2v) is 3.18. The zero-order valence-corrected chi connectivity index (χ0v) is 8.13. The van der Waals surface area contributed by atoms with Crippen LogP contribution in [0.25, 0.3) is 0 Å². The number of rotatable bonds is 4. The molecular weight excluding hydrogens is 170 g/mol. The number of H-pyrrole nitrogens is 2. The smallest absolute Gasteiger partial charge is 0.340 e. The molecular formula is C8H15N3O2. The van der Waals surface area contributed by atoms with Gasteiger partial charge < -0.3 is 4.74 Å². The van der Waals surface area contributed by atoms with Crippen LogP contribution in [0, 0.1) is 5.92 Å². The molecule has 0 aliphatic heterocycles. The van der Waals surface area contributed by atoms with Crippen molar-refractivity contribution in [2.45, 2.75) is 26.9 Å². The summed E-state index contributed by atoms with van der Waals surface area (Å²) in [6, 6.07) is 0. The zero-order valence-electron chi connectivity index (χ0n) is 8.13. The summed E-state index contributed by atoms with van der Waals surface area (Å²) in [5.74, 6) is 0.862. The van der Waals surface area contributed by atoms with Crippen LogP contribution in [0.3, 0.4) is 0 Å². The third-order valence-electron chi connectivity index (χ3n) is 1.74. The average Bonchev–Trinajstić information content (AvgIpc) is 2.46. The van der Waals surface area contributed by atoms with Crippen molar-refractivity contribution in [3.63, 3.8) is 0 Å². The summed E-state index contributed by atoms with van der Waals surface area (Å²) >= 11 is 0. The normalized spacial score (nSPS) is 13.5. The van der Waals surface area contributed by atoms with Gasteiger partial charge in [-0.05, 0) is 12.8 Å². The van der Waals surface area contributed by atoms with Gasteiger partial charge in [-0.2, -0.15) is 5.10 Å². The Morgan fingerprint density at radius 1 is 1.54 bits per heavy atom. The summed E-state index contributed by atoms with van der Waals surface area (Å²) in [6.07, 6.45) is -0.135. The van der Waals surface area contributed by atoms with E-state index in [-0.39, 0.29) is 11.8 Å². The molecule has 0 spiro atoms. The molecule has 1 unspecified atom stereocenters. The molecule has 13 heavy (non-hydrogen) atoms. The Balaban J connectivity index is 2.81. The van der Waals surface area contributed by atoms with Crippen molar-refractivity contribution < 1.29 is 4.74 Å². The van der Waals surface area contributed by atoms with E-state index in [2.05, 4.69) is 15.2 Å². The van der Waals surface area contributed by atoms with E-state index in [9.17, 15) is 4.79 Å². The Morgan fingerprint density at radius 3 is 2.62 bits per heavy atom. The van der Waals surface area contributed by atoms with Crippen LogP contribution in [0.5, 0.6) is 0 Å². The highest BCUT2D eigenvalue weighted by molar-refractivity contribution is 4.89. The zero-order chi connectivity index (χ0) is 9.84. The summed E-state index contributed by atoms with van der Waals surface area (Å²) in [7, 11) is 0. The molecule has 5 heteroatoms. The molecule has 1 rings (SSSR count). The molecule has 0 saturated heterocycles. The van der Waals surface area contributed by atoms with Crippen molar-refractivity contribution in [2.75, 3.05) is 6.61 Å². The summed E-state index contributed by atoms with van der Waals surface area (Å²) in [4.78, 5) is 13.4. The molecule has 1 aromatic heterocycles. The summed E-state index contributed by atoms with van der Waals surface area (Å²) in [5.41, 5.74) is -0.291. The van der Waals surface area contributed by atoms with Crippen molar-refractivity contribution in [3.05, 3.63) is 16.3 Å². The second kappa shape index (κ2) is 4.23. The van der Waals surface area contributed by atoms with Crippen LogP contribution in [0.1, 0.15) is 32.7 Å². The van der Waals surface area contributed by atoms with E-state index in [0.717, 1.165) is 0 Å². The van der Waals surface area contributed by atoms with Gasteiger partial charge in [-0.3, -0.25) is 4.98 Å². The van der Waals surface area contributed by atoms with Crippen LogP contribution in [-0.4, -0.2) is 21.8 Å². The first-order valence-electron chi connectivity index (χ1n) is 4.41. The predicted molar refractivity (Wildman–Crippen MR) is 48.4 cm³/mol. The van der Waals surface area contributed by atoms with E-state index < -0.39 is 0 Å². The Bertz CT molecular complexity index is 302. The van der Waals surface area contributed by atoms with E-state index in [1.54, 1.807) is 0 Å². The molecule has 0 aliphatic rings. The average molecular weight is 185 g/mol. The maximum atomic E-state index is 10.8. The van der Waals surface area contributed by atoms with Crippen molar-refractivity contribution in [3.8, 4) is 0 Å². The maximum Gasteiger partial charge on any atom is 0.340 e. The van der Waals surface area contributed by atoms with Gasteiger partial charge in [0.2, 0.25) is 0 Å². The molecule has 0 aromatic carbocycles. The topological polar surface area (TPSA) is 70.8 Å². The molecule has 0 amide bonds. The van der Waals surface area contributed by atoms with E-state index in [1.165, 1.54) is 0 Å². The van der Waals surface area contributed by atoms with Gasteiger partial charge in [-0.15, -0.1) is 0 Å². The van der Waals surface area contributed by atoms with E-state index in [0.29, 0.717) is 18.3 Å². The minimum atomic E-state index is -0.291. The maximum absolute atomic E-state index is 10.8. The van der Waals surface area contributed by atoms with Crippen LogP contribution < -0.4 is 5.69 Å². The molecule has 0 saturated carbocycles. The first-order valence-corrected chi connectivity index (χ1v) is 4.41. The summed E-state index contributed by atoms with van der Waals surface area (Å²) in [6.45, 7) is 6.57. The van der Waals surface area contributed by atoms with Crippen LogP contribution in [0.15, 0.2) is 4.79 Å². The van der Waals surface area contributed by atoms with Gasteiger partial charge in [0.05, 0.1) is 0 Å². The molecule has 0 bridgehead atoms. The SMILES string of the molecule is CCOC(c1n[nH]c(=O)[nH]1)C(C)C. The van der Waals surface area contributed by atoms with Gasteiger partial charge in [-0.1, -0.05) is 13.8 Å². The van der Waals surface area contributed by atoms with Crippen LogP contribution >= 0.6 is 0 Å². The molecule has 1 atom stereocenters. The number of nitrogens with one attached hydrogen (secondary N) is 2. The third-order valence-corrected chi connectivity index (χ3v) is 1.74. The third kappa shape index (κ3) is 2.42. The van der Waals surface area contributed by atoms with E-state index in [1.807, 2.05) is 20.8 Å². The minimum absolute atomic E-state index is 0.135. The molecule has 1 heterocycles. The first-order chi connectivity index (χ1) is 6.15. The fourth-order valence-electron chi connectivity index (χ4n) is 1.18. The first kappa shape index (κ1) is 9.98. The monoisotopic (exact) mass is 185 g/mol. The van der Waals surface area contributed by atoms with Gasteiger partial charge in [0.15, 0.2) is 5.82 Å². The highest BCUT2D eigenvalue weighted by Gasteiger charge is 2.18. The number of aromatic amines is 2. The lowest BCUT2D eigenvalue weighted by atomic mass is 10.1. The molecule has 0 aliphatic carbocycles. The minimum Gasteiger partial charge on any atom is -0.370 e. The van der Waals surface area contributed by atoms with Crippen LogP contribution in [0.4, 0.5) is 0 Å². The lowest BCUT2D eigenvalue weighted by Gasteiger charge is -2.17. The summed E-state index contributed by atoms with van der Waals surface area (Å²) < 4.78 is 5.45. The predicted octanol–water partition coefficient (Wildman–Crippen LogP) is 0.832. The summed E-state index contributed by atoms with van der Waals surface area (Å²) in [5, 5.41) is 6.16. The number of hydrogen-bond donors (Lipinski definition) is 2. The lowest BCUT2D eigenvalue weighted by molar-refractivity contribution is 0.0234. The Hall–Kier alpha value is -1.10. The van der Waals surface area contributed by atoms with Crippen molar-refractivity contribution in [1.82, 2.24) is 15.2 Å². The molecule has 5 nitrogen and oxygen atoms in total.